The maximum atomic E-state index is 7.36. The molecule has 1 heterocycles. The molecule has 0 aliphatic heterocycles. The van der Waals surface area contributed by atoms with Gasteiger partial charge >= 0.3 is 0 Å². The quantitative estimate of drug-likeness (QED) is 0.127. The molecule has 9 aromatic carbocycles. The Morgan fingerprint density at radius 1 is 0.286 bits per heavy atom. The van der Waals surface area contributed by atoms with Crippen molar-refractivity contribution in [1.29, 1.82) is 0 Å². The van der Waals surface area contributed by atoms with E-state index in [-0.39, 0.29) is 0 Å². The van der Waals surface area contributed by atoms with Gasteiger partial charge in [-0.1, -0.05) is 170 Å². The third-order valence-electron chi connectivity index (χ3n) is 10.5. The van der Waals surface area contributed by atoms with Gasteiger partial charge < -0.3 is 0 Å². The molecule has 0 atom stereocenters. The Morgan fingerprint density at radius 3 is 1.18 bits per heavy atom. The van der Waals surface area contributed by atoms with Crippen LogP contribution >= 0.6 is 0 Å². The van der Waals surface area contributed by atoms with Crippen LogP contribution in [0.15, 0.2) is 194 Å². The van der Waals surface area contributed by atoms with Crippen molar-refractivity contribution in [2.24, 2.45) is 0 Å². The zero-order valence-electron chi connectivity index (χ0n) is 30.3. The highest BCUT2D eigenvalue weighted by Gasteiger charge is 2.17. The van der Waals surface area contributed by atoms with Gasteiger partial charge in [0.15, 0.2) is 23.2 Å². The Morgan fingerprint density at radius 2 is 0.679 bits per heavy atom. The summed E-state index contributed by atoms with van der Waals surface area (Å²) in [5.41, 5.74) is 10.2. The fraction of sp³-hybridized carbons (Fsp3) is 0. The Kier molecular flexibility index (Phi) is 8.17. The van der Waals surface area contributed by atoms with E-state index in [9.17, 15) is 0 Å². The second-order valence-electron chi connectivity index (χ2n) is 13.9. The number of hydrogen-bond acceptors (Lipinski definition) is 3. The van der Waals surface area contributed by atoms with E-state index in [0.29, 0.717) is 23.2 Å². The van der Waals surface area contributed by atoms with E-state index in [4.69, 9.17) is 21.5 Å². The van der Waals surface area contributed by atoms with Gasteiger partial charge in [0, 0.05) is 16.7 Å². The monoisotopic (exact) mass is 712 g/mol. The van der Waals surface area contributed by atoms with Gasteiger partial charge in [0.25, 0.3) is 0 Å². The standard InChI is InChI=1S/C52H32N4/c1-53-41-28-26-34(27-29-41)37-18-12-19-38(30-37)46-32-48-45-25-11-9-23-43(45)47(33-49(48)44-24-10-8-22-42(44)46)39-20-13-21-40(31-39)52-55-50(35-14-4-2-5-15-35)54-51(56-52)36-16-6-3-7-17-36/h2-33H. The van der Waals surface area contributed by atoms with Crippen molar-refractivity contribution >= 4 is 38.0 Å². The van der Waals surface area contributed by atoms with E-state index in [0.717, 1.165) is 44.5 Å². The van der Waals surface area contributed by atoms with Crippen molar-refractivity contribution in [2.45, 2.75) is 0 Å². The highest BCUT2D eigenvalue weighted by Crippen LogP contribution is 2.43. The first-order chi connectivity index (χ1) is 27.7. The minimum atomic E-state index is 0.629. The molecule has 0 aliphatic rings. The van der Waals surface area contributed by atoms with Crippen molar-refractivity contribution in [3.63, 3.8) is 0 Å². The molecule has 1 aromatic heterocycles. The molecule has 0 spiro atoms. The lowest BCUT2D eigenvalue weighted by Gasteiger charge is -2.17. The first-order valence-electron chi connectivity index (χ1n) is 18.6. The van der Waals surface area contributed by atoms with Crippen LogP contribution in [0.1, 0.15) is 0 Å². The van der Waals surface area contributed by atoms with Crippen LogP contribution in [0.25, 0.3) is 105 Å². The van der Waals surface area contributed by atoms with Crippen molar-refractivity contribution < 1.29 is 0 Å². The van der Waals surface area contributed by atoms with Crippen LogP contribution in [0.3, 0.4) is 0 Å². The van der Waals surface area contributed by atoms with Crippen LogP contribution in [-0.2, 0) is 0 Å². The van der Waals surface area contributed by atoms with Gasteiger partial charge in [-0.25, -0.2) is 19.8 Å². The van der Waals surface area contributed by atoms with E-state index >= 15 is 0 Å². The molecular weight excluding hydrogens is 681 g/mol. The molecule has 260 valence electrons. The summed E-state index contributed by atoms with van der Waals surface area (Å²) in [4.78, 5) is 18.5. The first kappa shape index (κ1) is 32.9. The van der Waals surface area contributed by atoms with E-state index in [1.165, 1.54) is 37.9 Å². The van der Waals surface area contributed by atoms with E-state index in [1.807, 2.05) is 84.9 Å². The van der Waals surface area contributed by atoms with Gasteiger partial charge in [-0.2, -0.15) is 0 Å². The molecule has 0 radical (unpaired) electrons. The normalized spacial score (nSPS) is 11.2. The fourth-order valence-corrected chi connectivity index (χ4v) is 7.79. The lowest BCUT2D eigenvalue weighted by atomic mass is 9.87. The van der Waals surface area contributed by atoms with Gasteiger partial charge in [0.2, 0.25) is 0 Å². The minimum Gasteiger partial charge on any atom is -0.238 e. The number of hydrogen-bond donors (Lipinski definition) is 0. The van der Waals surface area contributed by atoms with Gasteiger partial charge in [-0.05, 0) is 90.0 Å². The second kappa shape index (κ2) is 13.9. The molecule has 0 bridgehead atoms. The third kappa shape index (κ3) is 5.94. The average Bonchev–Trinajstić information content (AvgIpc) is 3.29. The SMILES string of the molecule is [C-]#[N+]c1ccc(-c2cccc(-c3cc4c5ccccc5c(-c5cccc(-c6nc(-c7ccccc7)nc(-c7ccccc7)n6)c5)cc4c4ccccc34)c2)cc1. The largest absolute Gasteiger partial charge is 0.238 e. The average molecular weight is 713 g/mol. The summed E-state index contributed by atoms with van der Waals surface area (Å²) < 4.78 is 0. The molecular formula is C52H32N4. The number of aromatic nitrogens is 3. The lowest BCUT2D eigenvalue weighted by molar-refractivity contribution is 1.07. The highest BCUT2D eigenvalue weighted by atomic mass is 15.0. The van der Waals surface area contributed by atoms with Gasteiger partial charge in [-0.15, -0.1) is 0 Å². The summed E-state index contributed by atoms with van der Waals surface area (Å²) in [6.07, 6.45) is 0. The van der Waals surface area contributed by atoms with Crippen LogP contribution in [0.5, 0.6) is 0 Å². The van der Waals surface area contributed by atoms with Gasteiger partial charge in [0.1, 0.15) is 0 Å². The predicted octanol–water partition coefficient (Wildman–Crippen LogP) is 13.9. The molecule has 10 aromatic rings. The Bertz CT molecular complexity index is 3070. The summed E-state index contributed by atoms with van der Waals surface area (Å²) in [5, 5.41) is 7.18. The van der Waals surface area contributed by atoms with E-state index in [2.05, 4.69) is 114 Å². The number of benzene rings is 9. The maximum Gasteiger partial charge on any atom is 0.187 e. The Hall–Kier alpha value is -7.74. The van der Waals surface area contributed by atoms with Crippen LogP contribution in [0.2, 0.25) is 0 Å². The van der Waals surface area contributed by atoms with Crippen molar-refractivity contribution in [1.82, 2.24) is 15.0 Å². The van der Waals surface area contributed by atoms with Crippen LogP contribution in [-0.4, -0.2) is 15.0 Å². The van der Waals surface area contributed by atoms with Crippen molar-refractivity contribution in [2.75, 3.05) is 0 Å². The molecule has 56 heavy (non-hydrogen) atoms. The number of nitrogens with zero attached hydrogens (tertiary/aromatic N) is 4. The maximum absolute atomic E-state index is 7.36. The summed E-state index contributed by atoms with van der Waals surface area (Å²) in [6, 6.07) is 67.5. The van der Waals surface area contributed by atoms with Gasteiger partial charge in [0.05, 0.1) is 6.57 Å². The second-order valence-corrected chi connectivity index (χ2v) is 13.9. The fourth-order valence-electron chi connectivity index (χ4n) is 7.79. The summed E-state index contributed by atoms with van der Waals surface area (Å²) in [7, 11) is 0. The van der Waals surface area contributed by atoms with Crippen LogP contribution in [0.4, 0.5) is 5.69 Å². The molecule has 4 heteroatoms. The predicted molar refractivity (Wildman–Crippen MR) is 231 cm³/mol. The highest BCUT2D eigenvalue weighted by molar-refractivity contribution is 6.24. The molecule has 0 fully saturated rings. The molecule has 0 saturated carbocycles. The van der Waals surface area contributed by atoms with Gasteiger partial charge in [-0.3, -0.25) is 0 Å². The molecule has 0 aliphatic carbocycles. The third-order valence-corrected chi connectivity index (χ3v) is 10.5. The summed E-state index contributed by atoms with van der Waals surface area (Å²) >= 11 is 0. The van der Waals surface area contributed by atoms with E-state index in [1.54, 1.807) is 0 Å². The Labute approximate surface area is 324 Å². The Balaban J connectivity index is 1.14. The molecule has 0 amide bonds. The van der Waals surface area contributed by atoms with Crippen molar-refractivity contribution in [3.05, 3.63) is 206 Å². The lowest BCUT2D eigenvalue weighted by Crippen LogP contribution is -2.00. The molecule has 10 rings (SSSR count). The summed E-state index contributed by atoms with van der Waals surface area (Å²) in [5.74, 6) is 1.91. The van der Waals surface area contributed by atoms with E-state index < -0.39 is 0 Å². The minimum absolute atomic E-state index is 0.629. The summed E-state index contributed by atoms with van der Waals surface area (Å²) in [6.45, 7) is 7.36. The van der Waals surface area contributed by atoms with Crippen LogP contribution < -0.4 is 0 Å². The zero-order chi connectivity index (χ0) is 37.4. The topological polar surface area (TPSA) is 43.0 Å². The van der Waals surface area contributed by atoms with Crippen molar-refractivity contribution in [3.8, 4) is 67.5 Å². The van der Waals surface area contributed by atoms with Crippen LogP contribution in [0, 0.1) is 6.57 Å². The molecule has 0 unspecified atom stereocenters. The zero-order valence-corrected chi connectivity index (χ0v) is 30.3. The smallest absolute Gasteiger partial charge is 0.187 e. The molecule has 4 nitrogen and oxygen atoms in total. The molecule has 0 N–H and O–H groups in total. The number of rotatable bonds is 6. The number of fused-ring (bicyclic) bond motifs is 5. The first-order valence-corrected chi connectivity index (χ1v) is 18.6. The molecule has 0 saturated heterocycles.